The molecule has 3 heteroatoms. The number of hydrogen-bond acceptors (Lipinski definition) is 3. The third kappa shape index (κ3) is 4.56. The molecule has 0 aliphatic heterocycles. The summed E-state index contributed by atoms with van der Waals surface area (Å²) in [6.45, 7) is 7.73. The van der Waals surface area contributed by atoms with Crippen molar-refractivity contribution >= 4 is 11.8 Å². The Morgan fingerprint density at radius 1 is 1.07 bits per heavy atom. The quantitative estimate of drug-likeness (QED) is 0.464. The van der Waals surface area contributed by atoms with E-state index in [9.17, 15) is 9.59 Å². The maximum atomic E-state index is 13.2. The van der Waals surface area contributed by atoms with E-state index in [0.717, 1.165) is 57.4 Å². The maximum absolute atomic E-state index is 13.2. The van der Waals surface area contributed by atoms with Gasteiger partial charge in [0.2, 0.25) is 0 Å². The minimum absolute atomic E-state index is 0.100. The zero-order valence-electron chi connectivity index (χ0n) is 17.4. The van der Waals surface area contributed by atoms with Crippen molar-refractivity contribution in [3.8, 4) is 0 Å². The molecule has 0 unspecified atom stereocenters. The highest BCUT2D eigenvalue weighted by molar-refractivity contribution is 5.89. The van der Waals surface area contributed by atoms with Gasteiger partial charge in [-0.25, -0.2) is 4.79 Å². The molecule has 0 amide bonds. The van der Waals surface area contributed by atoms with E-state index in [-0.39, 0.29) is 17.8 Å². The summed E-state index contributed by atoms with van der Waals surface area (Å²) in [5.74, 6) is 1.33. The first-order chi connectivity index (χ1) is 13.4. The SMILES string of the molecule is C=CC(=O)OCC(=O)C1(C2CCC(c3ccc(C)cc3)CC2)CCC(C)CC1. The lowest BCUT2D eigenvalue weighted by atomic mass is 9.57. The minimum Gasteiger partial charge on any atom is -0.455 e. The summed E-state index contributed by atoms with van der Waals surface area (Å²) in [5, 5.41) is 0. The number of benzene rings is 1. The van der Waals surface area contributed by atoms with E-state index >= 15 is 0 Å². The number of Topliss-reactive ketones (excluding diaryl/α,β-unsaturated/α-hetero) is 1. The van der Waals surface area contributed by atoms with Crippen molar-refractivity contribution in [3.05, 3.63) is 48.0 Å². The molecule has 152 valence electrons. The van der Waals surface area contributed by atoms with Gasteiger partial charge >= 0.3 is 5.97 Å². The van der Waals surface area contributed by atoms with Crippen molar-refractivity contribution in [3.63, 3.8) is 0 Å². The van der Waals surface area contributed by atoms with Gasteiger partial charge in [-0.2, -0.15) is 0 Å². The van der Waals surface area contributed by atoms with Gasteiger partial charge in [0.05, 0.1) is 0 Å². The van der Waals surface area contributed by atoms with Crippen LogP contribution in [-0.4, -0.2) is 18.4 Å². The fourth-order valence-electron chi connectivity index (χ4n) is 5.35. The second kappa shape index (κ2) is 9.07. The lowest BCUT2D eigenvalue weighted by Crippen LogP contribution is -2.45. The molecule has 2 aliphatic rings. The Balaban J connectivity index is 1.69. The van der Waals surface area contributed by atoms with Crippen LogP contribution in [0.25, 0.3) is 0 Å². The highest BCUT2D eigenvalue weighted by Gasteiger charge is 2.47. The third-order valence-corrected chi connectivity index (χ3v) is 7.29. The number of rotatable bonds is 6. The van der Waals surface area contributed by atoms with Gasteiger partial charge in [-0.1, -0.05) is 43.3 Å². The van der Waals surface area contributed by atoms with Crippen molar-refractivity contribution in [1.82, 2.24) is 0 Å². The highest BCUT2D eigenvalue weighted by atomic mass is 16.5. The lowest BCUT2D eigenvalue weighted by Gasteiger charge is -2.46. The van der Waals surface area contributed by atoms with Crippen LogP contribution in [0.3, 0.4) is 0 Å². The predicted octanol–water partition coefficient (Wildman–Crippen LogP) is 5.76. The lowest BCUT2D eigenvalue weighted by molar-refractivity contribution is -0.150. The number of ketones is 1. The van der Waals surface area contributed by atoms with Crippen molar-refractivity contribution in [1.29, 1.82) is 0 Å². The van der Waals surface area contributed by atoms with Crippen molar-refractivity contribution < 1.29 is 14.3 Å². The molecule has 0 aromatic heterocycles. The van der Waals surface area contributed by atoms with Crippen LogP contribution in [0.2, 0.25) is 0 Å². The van der Waals surface area contributed by atoms with Crippen molar-refractivity contribution in [2.24, 2.45) is 17.3 Å². The Labute approximate surface area is 169 Å². The molecule has 1 aromatic carbocycles. The van der Waals surface area contributed by atoms with Crippen LogP contribution in [0, 0.1) is 24.2 Å². The van der Waals surface area contributed by atoms with E-state index in [4.69, 9.17) is 4.74 Å². The molecule has 0 radical (unpaired) electrons. The number of carbonyl (C=O) groups excluding carboxylic acids is 2. The summed E-state index contributed by atoms with van der Waals surface area (Å²) in [6.07, 6.45) is 9.68. The van der Waals surface area contributed by atoms with Gasteiger partial charge in [0, 0.05) is 11.5 Å². The van der Waals surface area contributed by atoms with E-state index < -0.39 is 5.97 Å². The van der Waals surface area contributed by atoms with Gasteiger partial charge in [0.15, 0.2) is 12.4 Å². The van der Waals surface area contributed by atoms with Crippen molar-refractivity contribution in [2.75, 3.05) is 6.61 Å². The Kier molecular flexibility index (Phi) is 6.74. The molecule has 2 aliphatic carbocycles. The molecule has 28 heavy (non-hydrogen) atoms. The largest absolute Gasteiger partial charge is 0.455 e. The van der Waals surface area contributed by atoms with Gasteiger partial charge in [-0.3, -0.25) is 4.79 Å². The van der Waals surface area contributed by atoms with Crippen LogP contribution >= 0.6 is 0 Å². The van der Waals surface area contributed by atoms with Crippen LogP contribution in [-0.2, 0) is 14.3 Å². The molecule has 3 rings (SSSR count). The molecule has 0 N–H and O–H groups in total. The first-order valence-electron chi connectivity index (χ1n) is 10.8. The molecule has 0 heterocycles. The zero-order chi connectivity index (χ0) is 20.1. The van der Waals surface area contributed by atoms with Crippen LogP contribution in [0.15, 0.2) is 36.9 Å². The van der Waals surface area contributed by atoms with E-state index in [0.29, 0.717) is 17.8 Å². The highest BCUT2D eigenvalue weighted by Crippen LogP contribution is 2.52. The molecule has 0 atom stereocenters. The smallest absolute Gasteiger partial charge is 0.330 e. The number of hydrogen-bond donors (Lipinski definition) is 0. The molecular weight excluding hydrogens is 348 g/mol. The maximum Gasteiger partial charge on any atom is 0.330 e. The number of esters is 1. The van der Waals surface area contributed by atoms with E-state index in [1.165, 1.54) is 11.1 Å². The van der Waals surface area contributed by atoms with Gasteiger partial charge in [0.25, 0.3) is 0 Å². The first-order valence-corrected chi connectivity index (χ1v) is 10.8. The molecule has 0 bridgehead atoms. The summed E-state index contributed by atoms with van der Waals surface area (Å²) in [5.41, 5.74) is 2.43. The Morgan fingerprint density at radius 3 is 2.25 bits per heavy atom. The molecule has 2 saturated carbocycles. The summed E-state index contributed by atoms with van der Waals surface area (Å²) in [4.78, 5) is 24.7. The van der Waals surface area contributed by atoms with E-state index in [1.807, 2.05) is 0 Å². The molecule has 0 saturated heterocycles. The number of carbonyl (C=O) groups is 2. The summed E-state index contributed by atoms with van der Waals surface area (Å²) >= 11 is 0. The van der Waals surface area contributed by atoms with Crippen LogP contribution < -0.4 is 0 Å². The van der Waals surface area contributed by atoms with Crippen LogP contribution in [0.4, 0.5) is 0 Å². The summed E-state index contributed by atoms with van der Waals surface area (Å²) < 4.78 is 5.14. The molecule has 2 fully saturated rings. The normalized spacial score (nSPS) is 30.4. The summed E-state index contributed by atoms with van der Waals surface area (Å²) in [6, 6.07) is 8.92. The van der Waals surface area contributed by atoms with E-state index in [2.05, 4.69) is 44.7 Å². The Hall–Kier alpha value is -1.90. The van der Waals surface area contributed by atoms with Crippen LogP contribution in [0.5, 0.6) is 0 Å². The van der Waals surface area contributed by atoms with Gasteiger partial charge in [-0.05, 0) is 81.6 Å². The topological polar surface area (TPSA) is 43.4 Å². The average Bonchev–Trinajstić information content (AvgIpc) is 2.73. The van der Waals surface area contributed by atoms with Crippen molar-refractivity contribution in [2.45, 2.75) is 71.1 Å². The molecular formula is C25H34O3. The fraction of sp³-hybridized carbons (Fsp3) is 0.600. The standard InChI is InChI=1S/C25H34O3/c1-4-24(27)28-17-23(26)25(15-13-19(3)14-16-25)22-11-9-21(10-12-22)20-7-5-18(2)6-8-20/h4-8,19,21-22H,1,9-17H2,2-3H3. The summed E-state index contributed by atoms with van der Waals surface area (Å²) in [7, 11) is 0. The third-order valence-electron chi connectivity index (χ3n) is 7.29. The van der Waals surface area contributed by atoms with Gasteiger partial charge in [0.1, 0.15) is 0 Å². The number of ether oxygens (including phenoxy) is 1. The minimum atomic E-state index is -0.504. The fourth-order valence-corrected chi connectivity index (χ4v) is 5.35. The number of aryl methyl sites for hydroxylation is 1. The van der Waals surface area contributed by atoms with Gasteiger partial charge < -0.3 is 4.74 Å². The van der Waals surface area contributed by atoms with E-state index in [1.54, 1.807) is 0 Å². The van der Waals surface area contributed by atoms with Crippen LogP contribution in [0.1, 0.15) is 75.3 Å². The zero-order valence-corrected chi connectivity index (χ0v) is 17.4. The second-order valence-corrected chi connectivity index (χ2v) is 9.03. The Bertz CT molecular complexity index is 687. The molecule has 3 nitrogen and oxygen atoms in total. The molecule has 1 aromatic rings. The second-order valence-electron chi connectivity index (χ2n) is 9.03. The average molecular weight is 383 g/mol. The predicted molar refractivity (Wildman–Crippen MR) is 112 cm³/mol. The monoisotopic (exact) mass is 382 g/mol. The first kappa shape index (κ1) is 20.8. The molecule has 0 spiro atoms. The Morgan fingerprint density at radius 2 is 1.68 bits per heavy atom. The van der Waals surface area contributed by atoms with Gasteiger partial charge in [-0.15, -0.1) is 0 Å².